The van der Waals surface area contributed by atoms with E-state index in [0.29, 0.717) is 0 Å². The molecule has 3 rings (SSSR count). The fourth-order valence-corrected chi connectivity index (χ4v) is 2.45. The molecule has 0 spiro atoms. The summed E-state index contributed by atoms with van der Waals surface area (Å²) in [4.78, 5) is 4.28. The first-order chi connectivity index (χ1) is 7.45. The zero-order chi connectivity index (χ0) is 10.1. The van der Waals surface area contributed by atoms with Crippen molar-refractivity contribution in [1.82, 2.24) is 4.98 Å². The SMILES string of the molecule is c1cnc2oc3c(c2c1)CCCCCC3. The molecule has 0 amide bonds. The minimum atomic E-state index is 0.824. The summed E-state index contributed by atoms with van der Waals surface area (Å²) in [5.74, 6) is 1.18. The van der Waals surface area contributed by atoms with Gasteiger partial charge in [-0.1, -0.05) is 12.8 Å². The first kappa shape index (κ1) is 8.96. The normalized spacial score (nSPS) is 17.1. The molecule has 0 fully saturated rings. The summed E-state index contributed by atoms with van der Waals surface area (Å²) < 4.78 is 5.81. The van der Waals surface area contributed by atoms with E-state index in [1.54, 1.807) is 6.20 Å². The molecule has 2 nitrogen and oxygen atoms in total. The molecule has 0 saturated carbocycles. The van der Waals surface area contributed by atoms with Crippen LogP contribution in [0.5, 0.6) is 0 Å². The average molecular weight is 201 g/mol. The van der Waals surface area contributed by atoms with Crippen LogP contribution in [0.15, 0.2) is 22.7 Å². The van der Waals surface area contributed by atoms with Crippen LogP contribution in [0.2, 0.25) is 0 Å². The number of aromatic nitrogens is 1. The topological polar surface area (TPSA) is 26.0 Å². The highest BCUT2D eigenvalue weighted by Gasteiger charge is 2.15. The number of pyridine rings is 1. The maximum Gasteiger partial charge on any atom is 0.226 e. The van der Waals surface area contributed by atoms with Crippen molar-refractivity contribution in [2.24, 2.45) is 0 Å². The molecule has 0 aliphatic heterocycles. The molecule has 78 valence electrons. The zero-order valence-electron chi connectivity index (χ0n) is 8.83. The molecule has 0 N–H and O–H groups in total. The molecule has 0 bridgehead atoms. The number of furan rings is 1. The molecule has 2 aromatic heterocycles. The Bertz CT molecular complexity index is 472. The van der Waals surface area contributed by atoms with E-state index in [-0.39, 0.29) is 0 Å². The van der Waals surface area contributed by atoms with Gasteiger partial charge >= 0.3 is 0 Å². The average Bonchev–Trinajstić information content (AvgIpc) is 2.55. The van der Waals surface area contributed by atoms with Crippen LogP contribution < -0.4 is 0 Å². The number of hydrogen-bond acceptors (Lipinski definition) is 2. The van der Waals surface area contributed by atoms with Gasteiger partial charge in [0.15, 0.2) is 0 Å². The second kappa shape index (κ2) is 3.69. The molecule has 15 heavy (non-hydrogen) atoms. The van der Waals surface area contributed by atoms with E-state index in [1.807, 2.05) is 6.07 Å². The van der Waals surface area contributed by atoms with Gasteiger partial charge in [-0.15, -0.1) is 0 Å². The van der Waals surface area contributed by atoms with Gasteiger partial charge in [0.05, 0.1) is 0 Å². The first-order valence-electron chi connectivity index (χ1n) is 5.80. The molecular weight excluding hydrogens is 186 g/mol. The van der Waals surface area contributed by atoms with Crippen molar-refractivity contribution in [3.8, 4) is 0 Å². The van der Waals surface area contributed by atoms with E-state index >= 15 is 0 Å². The third kappa shape index (κ3) is 1.54. The number of hydrogen-bond donors (Lipinski definition) is 0. The highest BCUT2D eigenvalue weighted by atomic mass is 16.3. The van der Waals surface area contributed by atoms with Crippen LogP contribution in [-0.4, -0.2) is 4.98 Å². The van der Waals surface area contributed by atoms with Gasteiger partial charge in [-0.05, 0) is 31.4 Å². The van der Waals surface area contributed by atoms with Gasteiger partial charge in [-0.2, -0.15) is 0 Å². The summed E-state index contributed by atoms with van der Waals surface area (Å²) in [7, 11) is 0. The Balaban J connectivity index is 2.15. The van der Waals surface area contributed by atoms with E-state index in [9.17, 15) is 0 Å². The van der Waals surface area contributed by atoms with Crippen molar-refractivity contribution in [3.05, 3.63) is 29.7 Å². The molecule has 2 heterocycles. The van der Waals surface area contributed by atoms with Gasteiger partial charge in [0, 0.05) is 23.6 Å². The second-order valence-corrected chi connectivity index (χ2v) is 4.27. The predicted octanol–water partition coefficient (Wildman–Crippen LogP) is 3.49. The summed E-state index contributed by atoms with van der Waals surface area (Å²) in [6.07, 6.45) is 9.29. The Morgan fingerprint density at radius 3 is 2.87 bits per heavy atom. The second-order valence-electron chi connectivity index (χ2n) is 4.27. The Kier molecular flexibility index (Phi) is 2.20. The fraction of sp³-hybridized carbons (Fsp3) is 0.462. The van der Waals surface area contributed by atoms with Crippen molar-refractivity contribution in [3.63, 3.8) is 0 Å². The monoisotopic (exact) mass is 201 g/mol. The molecule has 2 aromatic rings. The van der Waals surface area contributed by atoms with E-state index in [4.69, 9.17) is 4.42 Å². The van der Waals surface area contributed by atoms with Crippen LogP contribution >= 0.6 is 0 Å². The van der Waals surface area contributed by atoms with Crippen LogP contribution in [0.25, 0.3) is 11.1 Å². The smallest absolute Gasteiger partial charge is 0.226 e. The van der Waals surface area contributed by atoms with Crippen LogP contribution in [0.3, 0.4) is 0 Å². The number of aryl methyl sites for hydroxylation is 2. The molecule has 2 heteroatoms. The van der Waals surface area contributed by atoms with Crippen molar-refractivity contribution < 1.29 is 4.42 Å². The van der Waals surface area contributed by atoms with Gasteiger partial charge < -0.3 is 4.42 Å². The van der Waals surface area contributed by atoms with Gasteiger partial charge in [-0.25, -0.2) is 4.98 Å². The van der Waals surface area contributed by atoms with Crippen LogP contribution in [0, 0.1) is 0 Å². The van der Waals surface area contributed by atoms with Crippen LogP contribution in [-0.2, 0) is 12.8 Å². The maximum atomic E-state index is 5.81. The van der Waals surface area contributed by atoms with Gasteiger partial charge in [0.1, 0.15) is 5.76 Å². The lowest BCUT2D eigenvalue weighted by molar-refractivity contribution is 0.498. The van der Waals surface area contributed by atoms with E-state index in [1.165, 1.54) is 42.4 Å². The standard InChI is InChI=1S/C13H15NO/c1-2-4-8-12-10(6-3-1)11-7-5-9-14-13(11)15-12/h5,7,9H,1-4,6,8H2. The molecular formula is C13H15NO. The highest BCUT2D eigenvalue weighted by molar-refractivity contribution is 5.78. The lowest BCUT2D eigenvalue weighted by Crippen LogP contribution is -1.96. The Hall–Kier alpha value is -1.31. The van der Waals surface area contributed by atoms with Crippen LogP contribution in [0.1, 0.15) is 37.0 Å². The summed E-state index contributed by atoms with van der Waals surface area (Å²) in [6.45, 7) is 0. The molecule has 0 aromatic carbocycles. The quantitative estimate of drug-likeness (QED) is 0.652. The number of nitrogens with zero attached hydrogens (tertiary/aromatic N) is 1. The van der Waals surface area contributed by atoms with Crippen molar-refractivity contribution in [2.45, 2.75) is 38.5 Å². The minimum absolute atomic E-state index is 0.824. The molecule has 0 saturated heterocycles. The minimum Gasteiger partial charge on any atom is -0.442 e. The maximum absolute atomic E-state index is 5.81. The van der Waals surface area contributed by atoms with Crippen LogP contribution in [0.4, 0.5) is 0 Å². The lowest BCUT2D eigenvalue weighted by atomic mass is 9.97. The Morgan fingerprint density at radius 2 is 1.93 bits per heavy atom. The number of rotatable bonds is 0. The molecule has 1 aliphatic rings. The summed E-state index contributed by atoms with van der Waals surface area (Å²) in [5.41, 5.74) is 2.24. The molecule has 0 unspecified atom stereocenters. The summed E-state index contributed by atoms with van der Waals surface area (Å²) >= 11 is 0. The molecule has 0 atom stereocenters. The van der Waals surface area contributed by atoms with E-state index in [0.717, 1.165) is 18.6 Å². The molecule has 1 aliphatic carbocycles. The van der Waals surface area contributed by atoms with Crippen molar-refractivity contribution in [2.75, 3.05) is 0 Å². The number of fused-ring (bicyclic) bond motifs is 3. The highest BCUT2D eigenvalue weighted by Crippen LogP contribution is 2.29. The largest absolute Gasteiger partial charge is 0.442 e. The zero-order valence-corrected chi connectivity index (χ0v) is 8.83. The Morgan fingerprint density at radius 1 is 1.07 bits per heavy atom. The van der Waals surface area contributed by atoms with Gasteiger partial charge in [-0.3, -0.25) is 0 Å². The third-order valence-corrected chi connectivity index (χ3v) is 3.23. The summed E-state index contributed by atoms with van der Waals surface area (Å²) in [5, 5.41) is 1.23. The summed E-state index contributed by atoms with van der Waals surface area (Å²) in [6, 6.07) is 4.13. The van der Waals surface area contributed by atoms with Gasteiger partial charge in [0.25, 0.3) is 0 Å². The Labute approximate surface area is 89.3 Å². The first-order valence-corrected chi connectivity index (χ1v) is 5.80. The fourth-order valence-electron chi connectivity index (χ4n) is 2.45. The van der Waals surface area contributed by atoms with Crippen molar-refractivity contribution in [1.29, 1.82) is 0 Å². The van der Waals surface area contributed by atoms with E-state index < -0.39 is 0 Å². The third-order valence-electron chi connectivity index (χ3n) is 3.23. The lowest BCUT2D eigenvalue weighted by Gasteiger charge is -2.07. The van der Waals surface area contributed by atoms with Crippen molar-refractivity contribution >= 4 is 11.1 Å². The van der Waals surface area contributed by atoms with Gasteiger partial charge in [0.2, 0.25) is 5.71 Å². The predicted molar refractivity (Wildman–Crippen MR) is 59.9 cm³/mol. The molecule has 0 radical (unpaired) electrons. The van der Waals surface area contributed by atoms with E-state index in [2.05, 4.69) is 11.1 Å².